The van der Waals surface area contributed by atoms with E-state index < -0.39 is 0 Å². The van der Waals surface area contributed by atoms with Gasteiger partial charge in [-0.25, -0.2) is 0 Å². The van der Waals surface area contributed by atoms with Gasteiger partial charge < -0.3 is 4.74 Å². The zero-order valence-electron chi connectivity index (χ0n) is 4.58. The van der Waals surface area contributed by atoms with Gasteiger partial charge in [-0.1, -0.05) is 12.2 Å². The zero-order valence-corrected chi connectivity index (χ0v) is 4.58. The van der Waals surface area contributed by atoms with Crippen molar-refractivity contribution in [3.63, 3.8) is 0 Å². The van der Waals surface area contributed by atoms with Gasteiger partial charge in [0.15, 0.2) is 0 Å². The quantitative estimate of drug-likeness (QED) is 0.420. The Balaban J connectivity index is 2.12. The van der Waals surface area contributed by atoms with E-state index in [-0.39, 0.29) is 0 Å². The van der Waals surface area contributed by atoms with Gasteiger partial charge in [0.25, 0.3) is 0 Å². The molecule has 2 bridgehead atoms. The van der Waals surface area contributed by atoms with Crippen LogP contribution in [0.1, 0.15) is 6.42 Å². The van der Waals surface area contributed by atoms with Crippen molar-refractivity contribution in [3.05, 3.63) is 12.2 Å². The smallest absolute Gasteiger partial charge is 0.0796 e. The third kappa shape index (κ3) is 0.244. The molecule has 8 heavy (non-hydrogen) atoms. The summed E-state index contributed by atoms with van der Waals surface area (Å²) in [5.74, 6) is 1.87. The van der Waals surface area contributed by atoms with Gasteiger partial charge in [0.1, 0.15) is 0 Å². The fourth-order valence-corrected chi connectivity index (χ4v) is 1.97. The summed E-state index contributed by atoms with van der Waals surface area (Å²) in [4.78, 5) is 0. The topological polar surface area (TPSA) is 9.23 Å². The molecule has 4 unspecified atom stereocenters. The normalized spacial score (nSPS) is 64.0. The predicted molar refractivity (Wildman–Crippen MR) is 29.4 cm³/mol. The van der Waals surface area contributed by atoms with Gasteiger partial charge in [-0.05, 0) is 18.3 Å². The summed E-state index contributed by atoms with van der Waals surface area (Å²) < 4.78 is 5.52. The molecule has 1 heteroatoms. The van der Waals surface area contributed by atoms with E-state index in [2.05, 4.69) is 12.2 Å². The molecule has 0 aromatic carbocycles. The second kappa shape index (κ2) is 0.883. The fraction of sp³-hybridized carbons (Fsp3) is 0.714. The van der Waals surface area contributed by atoms with E-state index >= 15 is 0 Å². The van der Waals surface area contributed by atoms with Crippen molar-refractivity contribution in [1.29, 1.82) is 0 Å². The van der Waals surface area contributed by atoms with E-state index in [1.165, 1.54) is 6.42 Å². The highest BCUT2D eigenvalue weighted by atomic mass is 16.5. The Hall–Kier alpha value is -0.300. The van der Waals surface area contributed by atoms with Crippen LogP contribution in [-0.4, -0.2) is 12.2 Å². The largest absolute Gasteiger partial charge is 0.366 e. The highest BCUT2D eigenvalue weighted by molar-refractivity contribution is 5.21. The van der Waals surface area contributed by atoms with Gasteiger partial charge in [0, 0.05) is 0 Å². The molecule has 0 spiro atoms. The monoisotopic (exact) mass is 108 g/mol. The molecule has 0 radical (unpaired) electrons. The molecule has 2 aliphatic heterocycles. The molecule has 0 aromatic heterocycles. The van der Waals surface area contributed by atoms with Crippen molar-refractivity contribution < 1.29 is 4.74 Å². The molecular formula is C7H8O. The average molecular weight is 108 g/mol. The lowest BCUT2D eigenvalue weighted by atomic mass is 10.1. The van der Waals surface area contributed by atoms with Gasteiger partial charge in [0.2, 0.25) is 0 Å². The van der Waals surface area contributed by atoms with E-state index in [1.54, 1.807) is 0 Å². The van der Waals surface area contributed by atoms with Gasteiger partial charge in [-0.15, -0.1) is 0 Å². The summed E-state index contributed by atoms with van der Waals surface area (Å²) in [6, 6.07) is 0. The van der Waals surface area contributed by atoms with Gasteiger partial charge in [-0.2, -0.15) is 0 Å². The van der Waals surface area contributed by atoms with Crippen LogP contribution >= 0.6 is 0 Å². The van der Waals surface area contributed by atoms with Crippen LogP contribution in [0.25, 0.3) is 0 Å². The molecule has 1 nitrogen and oxygen atoms in total. The maximum Gasteiger partial charge on any atom is 0.0796 e. The predicted octanol–water partition coefficient (Wildman–Crippen LogP) is 0.960. The first-order valence-corrected chi connectivity index (χ1v) is 3.29. The van der Waals surface area contributed by atoms with E-state index in [0.29, 0.717) is 12.2 Å². The molecule has 1 aliphatic carbocycles. The van der Waals surface area contributed by atoms with Crippen LogP contribution in [0.3, 0.4) is 0 Å². The first-order valence-electron chi connectivity index (χ1n) is 3.29. The Bertz CT molecular complexity index is 146. The molecule has 0 aromatic rings. The maximum absolute atomic E-state index is 5.52. The van der Waals surface area contributed by atoms with Crippen LogP contribution < -0.4 is 0 Å². The molecule has 3 aliphatic rings. The highest BCUT2D eigenvalue weighted by Crippen LogP contribution is 2.55. The SMILES string of the molecule is C1=CC2OC1C1CC21. The highest BCUT2D eigenvalue weighted by Gasteiger charge is 2.56. The van der Waals surface area contributed by atoms with Crippen LogP contribution in [0.15, 0.2) is 12.2 Å². The summed E-state index contributed by atoms with van der Waals surface area (Å²) in [6.45, 7) is 0. The molecule has 4 atom stereocenters. The van der Waals surface area contributed by atoms with Crippen molar-refractivity contribution in [3.8, 4) is 0 Å². The Labute approximate surface area is 48.3 Å². The molecule has 2 heterocycles. The van der Waals surface area contributed by atoms with E-state index in [4.69, 9.17) is 4.74 Å². The number of ether oxygens (including phenoxy) is 1. The second-order valence-corrected chi connectivity index (χ2v) is 3.01. The zero-order chi connectivity index (χ0) is 5.14. The van der Waals surface area contributed by atoms with E-state index in [1.807, 2.05) is 0 Å². The van der Waals surface area contributed by atoms with Crippen LogP contribution in [0.4, 0.5) is 0 Å². The molecular weight excluding hydrogens is 100 g/mol. The minimum atomic E-state index is 0.532. The number of hydrogen-bond donors (Lipinski definition) is 0. The summed E-state index contributed by atoms with van der Waals surface area (Å²) in [7, 11) is 0. The Morgan fingerprint density at radius 3 is 2.12 bits per heavy atom. The van der Waals surface area contributed by atoms with Gasteiger partial charge in [-0.3, -0.25) is 0 Å². The third-order valence-corrected chi connectivity index (χ3v) is 2.54. The number of hydrogen-bond acceptors (Lipinski definition) is 1. The standard InChI is InChI=1S/C7H8O/c1-2-7-5-3-4(5)6(1)8-7/h1-2,4-7H,3H2. The molecule has 3 rings (SSSR count). The Morgan fingerprint density at radius 1 is 1.12 bits per heavy atom. The van der Waals surface area contributed by atoms with Crippen molar-refractivity contribution in [2.75, 3.05) is 0 Å². The number of fused-ring (bicyclic) bond motifs is 5. The van der Waals surface area contributed by atoms with Crippen LogP contribution in [0.2, 0.25) is 0 Å². The summed E-state index contributed by atoms with van der Waals surface area (Å²) in [5.41, 5.74) is 0. The average Bonchev–Trinajstić information content (AvgIpc) is 2.39. The van der Waals surface area contributed by atoms with Crippen LogP contribution in [0.5, 0.6) is 0 Å². The van der Waals surface area contributed by atoms with Gasteiger partial charge in [0.05, 0.1) is 12.2 Å². The molecule has 1 saturated heterocycles. The minimum absolute atomic E-state index is 0.532. The number of rotatable bonds is 0. The lowest BCUT2D eigenvalue weighted by molar-refractivity contribution is 0.0880. The molecule has 0 N–H and O–H groups in total. The Kier molecular flexibility index (Phi) is 0.406. The minimum Gasteiger partial charge on any atom is -0.366 e. The first-order chi connectivity index (χ1) is 3.95. The molecule has 1 saturated carbocycles. The lowest BCUT2D eigenvalue weighted by Gasteiger charge is -2.01. The van der Waals surface area contributed by atoms with Crippen molar-refractivity contribution in [1.82, 2.24) is 0 Å². The van der Waals surface area contributed by atoms with Gasteiger partial charge >= 0.3 is 0 Å². The van der Waals surface area contributed by atoms with Crippen molar-refractivity contribution >= 4 is 0 Å². The van der Waals surface area contributed by atoms with Crippen molar-refractivity contribution in [2.24, 2.45) is 11.8 Å². The maximum atomic E-state index is 5.52. The fourth-order valence-electron chi connectivity index (χ4n) is 1.97. The summed E-state index contributed by atoms with van der Waals surface area (Å²) in [5, 5.41) is 0. The summed E-state index contributed by atoms with van der Waals surface area (Å²) >= 11 is 0. The van der Waals surface area contributed by atoms with E-state index in [9.17, 15) is 0 Å². The van der Waals surface area contributed by atoms with Crippen LogP contribution in [-0.2, 0) is 4.74 Å². The first kappa shape index (κ1) is 3.67. The molecule has 0 amide bonds. The lowest BCUT2D eigenvalue weighted by Crippen LogP contribution is -2.04. The Morgan fingerprint density at radius 2 is 1.75 bits per heavy atom. The third-order valence-electron chi connectivity index (χ3n) is 2.54. The van der Waals surface area contributed by atoms with E-state index in [0.717, 1.165) is 11.8 Å². The van der Waals surface area contributed by atoms with Crippen LogP contribution in [0, 0.1) is 11.8 Å². The second-order valence-electron chi connectivity index (χ2n) is 3.01. The molecule has 42 valence electrons. The summed E-state index contributed by atoms with van der Waals surface area (Å²) in [6.07, 6.45) is 6.94. The molecule has 2 fully saturated rings. The van der Waals surface area contributed by atoms with Crippen molar-refractivity contribution in [2.45, 2.75) is 18.6 Å².